The molecule has 0 aromatic rings. The molecule has 0 aliphatic heterocycles. The molecule has 0 spiro atoms. The summed E-state index contributed by atoms with van der Waals surface area (Å²) in [5.74, 6) is 0.522. The quantitative estimate of drug-likeness (QED) is 0.520. The molecule has 1 aliphatic carbocycles. The molecular formula is C13H24N2O2S. The Morgan fingerprint density at radius 3 is 2.67 bits per heavy atom. The number of thiocarbonyl (C=S) groups is 1. The molecule has 0 aromatic carbocycles. The zero-order valence-electron chi connectivity index (χ0n) is 11.3. The van der Waals surface area contributed by atoms with Crippen LogP contribution in [0.5, 0.6) is 0 Å². The molecule has 5 heteroatoms. The van der Waals surface area contributed by atoms with Crippen LogP contribution in [0.25, 0.3) is 0 Å². The summed E-state index contributed by atoms with van der Waals surface area (Å²) in [6.07, 6.45) is 3.41. The lowest BCUT2D eigenvalue weighted by Crippen LogP contribution is -2.56. The highest BCUT2D eigenvalue weighted by Gasteiger charge is 2.50. The molecule has 0 atom stereocenters. The van der Waals surface area contributed by atoms with Crippen LogP contribution >= 0.6 is 12.2 Å². The van der Waals surface area contributed by atoms with Crippen LogP contribution in [0, 0.1) is 11.3 Å². The summed E-state index contributed by atoms with van der Waals surface area (Å²) in [7, 11) is 0. The Kier molecular flexibility index (Phi) is 6.02. The van der Waals surface area contributed by atoms with Crippen LogP contribution in [0.3, 0.4) is 0 Å². The molecule has 1 aliphatic rings. The van der Waals surface area contributed by atoms with Crippen LogP contribution in [0.4, 0.5) is 0 Å². The number of rotatable bonds is 8. The fraction of sp³-hybridized carbons (Fsp3) is 0.846. The smallest absolute Gasteiger partial charge is 0.233 e. The van der Waals surface area contributed by atoms with E-state index in [0.717, 1.165) is 32.3 Å². The normalized spacial score (nSPS) is 26.4. The SMILES string of the molecule is CCCOCCCNC(=O)C1(C(N)=S)CC(C)C1. The summed E-state index contributed by atoms with van der Waals surface area (Å²) in [6.45, 7) is 6.28. The van der Waals surface area contributed by atoms with E-state index < -0.39 is 5.41 Å². The van der Waals surface area contributed by atoms with E-state index in [1.54, 1.807) is 0 Å². The third-order valence-electron chi connectivity index (χ3n) is 3.40. The number of hydrogen-bond acceptors (Lipinski definition) is 3. The van der Waals surface area contributed by atoms with Crippen molar-refractivity contribution in [2.24, 2.45) is 17.1 Å². The summed E-state index contributed by atoms with van der Waals surface area (Å²) >= 11 is 5.04. The number of nitrogens with one attached hydrogen (secondary N) is 1. The van der Waals surface area contributed by atoms with Gasteiger partial charge in [0.25, 0.3) is 0 Å². The van der Waals surface area contributed by atoms with Gasteiger partial charge in [0, 0.05) is 19.8 Å². The Hall–Kier alpha value is -0.680. The number of hydrogen-bond donors (Lipinski definition) is 2. The molecule has 0 saturated heterocycles. The first-order valence-corrected chi connectivity index (χ1v) is 7.09. The Morgan fingerprint density at radius 1 is 1.50 bits per heavy atom. The Bertz CT molecular complexity index is 301. The molecule has 0 radical (unpaired) electrons. The van der Waals surface area contributed by atoms with Gasteiger partial charge < -0.3 is 15.8 Å². The second-order valence-corrected chi connectivity index (χ2v) is 5.62. The van der Waals surface area contributed by atoms with E-state index in [9.17, 15) is 4.79 Å². The second-order valence-electron chi connectivity index (χ2n) is 5.18. The first-order chi connectivity index (χ1) is 8.53. The number of ether oxygens (including phenoxy) is 1. The van der Waals surface area contributed by atoms with Crippen molar-refractivity contribution in [3.63, 3.8) is 0 Å². The summed E-state index contributed by atoms with van der Waals surface area (Å²) in [5, 5.41) is 2.92. The van der Waals surface area contributed by atoms with Crippen molar-refractivity contribution in [2.45, 2.75) is 39.5 Å². The van der Waals surface area contributed by atoms with Crippen LogP contribution < -0.4 is 11.1 Å². The minimum atomic E-state index is -0.584. The lowest BCUT2D eigenvalue weighted by molar-refractivity contribution is -0.132. The molecule has 104 valence electrons. The number of carbonyl (C=O) groups excluding carboxylic acids is 1. The standard InChI is InChI=1S/C13H24N2O2S/c1-3-6-17-7-4-5-15-12(16)13(11(14)18)8-10(2)9-13/h10H,3-9H2,1-2H3,(H2,14,18)(H,15,16). The van der Waals surface area contributed by atoms with Gasteiger partial charge in [-0.05, 0) is 31.6 Å². The second kappa shape index (κ2) is 7.04. The van der Waals surface area contributed by atoms with Gasteiger partial charge in [0.1, 0.15) is 0 Å². The zero-order chi connectivity index (χ0) is 13.6. The molecule has 3 N–H and O–H groups in total. The van der Waals surface area contributed by atoms with Gasteiger partial charge in [-0.25, -0.2) is 0 Å². The largest absolute Gasteiger partial charge is 0.392 e. The van der Waals surface area contributed by atoms with Crippen LogP contribution in [0.1, 0.15) is 39.5 Å². The Morgan fingerprint density at radius 2 is 2.17 bits per heavy atom. The maximum Gasteiger partial charge on any atom is 0.233 e. The van der Waals surface area contributed by atoms with Gasteiger partial charge in [-0.3, -0.25) is 4.79 Å². The van der Waals surface area contributed by atoms with Gasteiger partial charge >= 0.3 is 0 Å². The van der Waals surface area contributed by atoms with Crippen LogP contribution in [0.15, 0.2) is 0 Å². The van der Waals surface area contributed by atoms with Crippen molar-refractivity contribution in [2.75, 3.05) is 19.8 Å². The minimum absolute atomic E-state index is 0.0106. The lowest BCUT2D eigenvalue weighted by Gasteiger charge is -2.44. The van der Waals surface area contributed by atoms with E-state index in [4.69, 9.17) is 22.7 Å². The number of nitrogens with two attached hydrogens (primary N) is 1. The van der Waals surface area contributed by atoms with E-state index >= 15 is 0 Å². The molecule has 1 saturated carbocycles. The van der Waals surface area contributed by atoms with Gasteiger partial charge in [0.15, 0.2) is 0 Å². The maximum absolute atomic E-state index is 12.1. The van der Waals surface area contributed by atoms with E-state index in [-0.39, 0.29) is 5.91 Å². The first-order valence-electron chi connectivity index (χ1n) is 6.69. The van der Waals surface area contributed by atoms with Crippen molar-refractivity contribution >= 4 is 23.1 Å². The Balaban J connectivity index is 2.25. The maximum atomic E-state index is 12.1. The minimum Gasteiger partial charge on any atom is -0.392 e. The molecule has 4 nitrogen and oxygen atoms in total. The molecule has 18 heavy (non-hydrogen) atoms. The highest BCUT2D eigenvalue weighted by Crippen LogP contribution is 2.45. The summed E-state index contributed by atoms with van der Waals surface area (Å²) in [6, 6.07) is 0. The van der Waals surface area contributed by atoms with Crippen molar-refractivity contribution in [3.05, 3.63) is 0 Å². The van der Waals surface area contributed by atoms with Gasteiger partial charge in [-0.15, -0.1) is 0 Å². The fourth-order valence-electron chi connectivity index (χ4n) is 2.42. The third kappa shape index (κ3) is 3.65. The summed E-state index contributed by atoms with van der Waals surface area (Å²) in [4.78, 5) is 12.4. The highest BCUT2D eigenvalue weighted by atomic mass is 32.1. The average Bonchev–Trinajstić information content (AvgIpc) is 2.28. The van der Waals surface area contributed by atoms with E-state index in [1.165, 1.54) is 0 Å². The average molecular weight is 272 g/mol. The molecule has 0 aromatic heterocycles. The van der Waals surface area contributed by atoms with Crippen LogP contribution in [0.2, 0.25) is 0 Å². The van der Waals surface area contributed by atoms with Gasteiger partial charge in [-0.1, -0.05) is 26.1 Å². The highest BCUT2D eigenvalue weighted by molar-refractivity contribution is 7.80. The number of carbonyl (C=O) groups is 1. The van der Waals surface area contributed by atoms with Gasteiger partial charge in [-0.2, -0.15) is 0 Å². The monoisotopic (exact) mass is 272 g/mol. The predicted octanol–water partition coefficient (Wildman–Crippen LogP) is 1.62. The van der Waals surface area contributed by atoms with Crippen LogP contribution in [-0.2, 0) is 9.53 Å². The van der Waals surface area contributed by atoms with E-state index in [0.29, 0.717) is 24.1 Å². The van der Waals surface area contributed by atoms with Crippen molar-refractivity contribution < 1.29 is 9.53 Å². The first kappa shape index (κ1) is 15.4. The summed E-state index contributed by atoms with van der Waals surface area (Å²) < 4.78 is 5.35. The third-order valence-corrected chi connectivity index (χ3v) is 3.79. The molecule has 0 bridgehead atoms. The molecule has 0 unspecified atom stereocenters. The van der Waals surface area contributed by atoms with Crippen molar-refractivity contribution in [1.29, 1.82) is 0 Å². The van der Waals surface area contributed by atoms with Gasteiger partial charge in [0.2, 0.25) is 5.91 Å². The molecule has 1 amide bonds. The van der Waals surface area contributed by atoms with Crippen LogP contribution in [-0.4, -0.2) is 30.7 Å². The molecule has 1 rings (SSSR count). The van der Waals surface area contributed by atoms with Gasteiger partial charge in [0.05, 0.1) is 10.4 Å². The molecular weight excluding hydrogens is 248 g/mol. The number of amides is 1. The topological polar surface area (TPSA) is 64.3 Å². The van der Waals surface area contributed by atoms with Crippen molar-refractivity contribution in [1.82, 2.24) is 5.32 Å². The van der Waals surface area contributed by atoms with E-state index in [1.807, 2.05) is 0 Å². The zero-order valence-corrected chi connectivity index (χ0v) is 12.1. The summed E-state index contributed by atoms with van der Waals surface area (Å²) in [5.41, 5.74) is 5.13. The lowest BCUT2D eigenvalue weighted by atomic mass is 9.62. The van der Waals surface area contributed by atoms with E-state index in [2.05, 4.69) is 19.2 Å². The van der Waals surface area contributed by atoms with Crippen molar-refractivity contribution in [3.8, 4) is 0 Å². The Labute approximate surface area is 115 Å². The molecule has 1 fully saturated rings. The fourth-order valence-corrected chi connectivity index (χ4v) is 2.68. The molecule has 0 heterocycles. The predicted molar refractivity (Wildman–Crippen MR) is 76.4 cm³/mol.